The van der Waals surface area contributed by atoms with Crippen LogP contribution in [0.1, 0.15) is 35.2 Å². The Labute approximate surface area is 142 Å². The third-order valence-electron chi connectivity index (χ3n) is 4.35. The molecule has 0 aromatic heterocycles. The molecule has 2 unspecified atom stereocenters. The van der Waals surface area contributed by atoms with Gasteiger partial charge in [-0.1, -0.05) is 29.8 Å². The molecule has 0 amide bonds. The Morgan fingerprint density at radius 2 is 1.83 bits per heavy atom. The average molecular weight is 325 g/mol. The predicted octanol–water partition coefficient (Wildman–Crippen LogP) is 3.10. The predicted molar refractivity (Wildman–Crippen MR) is 95.6 cm³/mol. The van der Waals surface area contributed by atoms with Crippen molar-refractivity contribution in [2.75, 3.05) is 14.2 Å². The smallest absolute Gasteiger partial charge is 0.189 e. The first-order valence-electron chi connectivity index (χ1n) is 7.99. The largest absolute Gasteiger partial charge is 0.497 e. The molecule has 0 radical (unpaired) electrons. The van der Waals surface area contributed by atoms with Crippen molar-refractivity contribution >= 4 is 5.96 Å². The van der Waals surface area contributed by atoms with Crippen LogP contribution < -0.4 is 20.5 Å². The molecule has 2 aromatic carbocycles. The lowest BCUT2D eigenvalue weighted by Gasteiger charge is -2.30. The summed E-state index contributed by atoms with van der Waals surface area (Å²) in [6.45, 7) is 2.08. The van der Waals surface area contributed by atoms with Crippen molar-refractivity contribution in [3.63, 3.8) is 0 Å². The zero-order valence-corrected chi connectivity index (χ0v) is 14.2. The third-order valence-corrected chi connectivity index (χ3v) is 4.35. The topological polar surface area (TPSA) is 68.9 Å². The number of hydrogen-bond acceptors (Lipinski definition) is 5. The van der Waals surface area contributed by atoms with Crippen LogP contribution >= 0.6 is 0 Å². The second-order valence-corrected chi connectivity index (χ2v) is 5.98. The van der Waals surface area contributed by atoms with Gasteiger partial charge in [-0.05, 0) is 37.1 Å². The van der Waals surface area contributed by atoms with E-state index in [9.17, 15) is 0 Å². The summed E-state index contributed by atoms with van der Waals surface area (Å²) in [5, 5.41) is 3.26. The van der Waals surface area contributed by atoms with Gasteiger partial charge in [-0.3, -0.25) is 0 Å². The van der Waals surface area contributed by atoms with Crippen molar-refractivity contribution in [1.82, 2.24) is 5.32 Å². The summed E-state index contributed by atoms with van der Waals surface area (Å²) in [4.78, 5) is 4.57. The van der Waals surface area contributed by atoms with Gasteiger partial charge in [0.1, 0.15) is 11.5 Å². The van der Waals surface area contributed by atoms with Crippen LogP contribution in [-0.2, 0) is 0 Å². The van der Waals surface area contributed by atoms with E-state index in [0.29, 0.717) is 5.96 Å². The van der Waals surface area contributed by atoms with Crippen LogP contribution in [0, 0.1) is 6.92 Å². The maximum absolute atomic E-state index is 6.05. The molecular formula is C19H23N3O2. The molecule has 0 spiro atoms. The van der Waals surface area contributed by atoms with Crippen molar-refractivity contribution in [2.45, 2.75) is 25.4 Å². The molecule has 3 rings (SSSR count). The number of nitrogens with zero attached hydrogens (tertiary/aromatic N) is 1. The Kier molecular flexibility index (Phi) is 4.60. The summed E-state index contributed by atoms with van der Waals surface area (Å²) in [7, 11) is 3.33. The average Bonchev–Trinajstić information content (AvgIpc) is 2.61. The van der Waals surface area contributed by atoms with Crippen molar-refractivity contribution < 1.29 is 9.47 Å². The van der Waals surface area contributed by atoms with Gasteiger partial charge in [0.05, 0.1) is 26.3 Å². The summed E-state index contributed by atoms with van der Waals surface area (Å²) in [5.41, 5.74) is 9.47. The van der Waals surface area contributed by atoms with Gasteiger partial charge >= 0.3 is 0 Å². The third kappa shape index (κ3) is 3.30. The first-order valence-corrected chi connectivity index (χ1v) is 7.99. The maximum atomic E-state index is 6.05. The van der Waals surface area contributed by atoms with Crippen LogP contribution in [-0.4, -0.2) is 20.2 Å². The van der Waals surface area contributed by atoms with E-state index in [-0.39, 0.29) is 12.1 Å². The number of aliphatic imine (C=N–C) groups is 1. The molecule has 0 aliphatic carbocycles. The summed E-state index contributed by atoms with van der Waals surface area (Å²) in [6, 6.07) is 14.3. The fraction of sp³-hybridized carbons (Fsp3) is 0.316. The molecule has 5 nitrogen and oxygen atoms in total. The minimum atomic E-state index is 0.0128. The van der Waals surface area contributed by atoms with Gasteiger partial charge in [0.25, 0.3) is 0 Å². The van der Waals surface area contributed by atoms with Crippen LogP contribution in [0.4, 0.5) is 0 Å². The van der Waals surface area contributed by atoms with Crippen molar-refractivity contribution in [3.05, 3.63) is 59.2 Å². The van der Waals surface area contributed by atoms with E-state index in [1.54, 1.807) is 14.2 Å². The SMILES string of the molecule is COc1ccc(OC)c(C2CC(c3ccc(C)cc3)N=C(N)N2)c1. The fourth-order valence-electron chi connectivity index (χ4n) is 3.03. The van der Waals surface area contributed by atoms with Crippen molar-refractivity contribution in [1.29, 1.82) is 0 Å². The molecule has 0 saturated heterocycles. The van der Waals surface area contributed by atoms with Gasteiger partial charge in [-0.15, -0.1) is 0 Å². The van der Waals surface area contributed by atoms with Crippen LogP contribution in [0.15, 0.2) is 47.5 Å². The van der Waals surface area contributed by atoms with Crippen LogP contribution in [0.25, 0.3) is 0 Å². The number of aryl methyl sites for hydroxylation is 1. The lowest BCUT2D eigenvalue weighted by Crippen LogP contribution is -2.39. The molecule has 0 fully saturated rings. The van der Waals surface area contributed by atoms with E-state index >= 15 is 0 Å². The Balaban J connectivity index is 1.93. The van der Waals surface area contributed by atoms with Crippen LogP contribution in [0.5, 0.6) is 11.5 Å². The summed E-state index contributed by atoms with van der Waals surface area (Å²) in [6.07, 6.45) is 0.799. The zero-order chi connectivity index (χ0) is 17.1. The molecule has 24 heavy (non-hydrogen) atoms. The number of nitrogens with two attached hydrogens (primary N) is 1. The fourth-order valence-corrected chi connectivity index (χ4v) is 3.03. The number of hydrogen-bond donors (Lipinski definition) is 2. The van der Waals surface area contributed by atoms with Gasteiger partial charge in [0.2, 0.25) is 0 Å². The second-order valence-electron chi connectivity index (χ2n) is 5.98. The lowest BCUT2D eigenvalue weighted by atomic mass is 9.93. The van der Waals surface area contributed by atoms with E-state index in [1.807, 2.05) is 18.2 Å². The van der Waals surface area contributed by atoms with E-state index in [4.69, 9.17) is 15.2 Å². The van der Waals surface area contributed by atoms with E-state index in [2.05, 4.69) is 41.5 Å². The first kappa shape index (κ1) is 16.2. The monoisotopic (exact) mass is 325 g/mol. The maximum Gasteiger partial charge on any atom is 0.189 e. The molecular weight excluding hydrogens is 302 g/mol. The molecule has 2 aromatic rings. The quantitative estimate of drug-likeness (QED) is 0.906. The Bertz CT molecular complexity index is 741. The number of rotatable bonds is 4. The Hall–Kier alpha value is -2.69. The van der Waals surface area contributed by atoms with Crippen LogP contribution in [0.2, 0.25) is 0 Å². The van der Waals surface area contributed by atoms with Gasteiger partial charge in [0.15, 0.2) is 5.96 Å². The minimum absolute atomic E-state index is 0.0128. The van der Waals surface area contributed by atoms with Gasteiger partial charge in [-0.25, -0.2) is 4.99 Å². The standard InChI is InChI=1S/C19H23N3O2/c1-12-4-6-13(7-5-12)16-11-17(22-19(20)21-16)15-10-14(23-2)8-9-18(15)24-3/h4-10,16-17H,11H2,1-3H3,(H3,20,21,22). The van der Waals surface area contributed by atoms with E-state index < -0.39 is 0 Å². The Morgan fingerprint density at radius 3 is 2.50 bits per heavy atom. The number of methoxy groups -OCH3 is 2. The summed E-state index contributed by atoms with van der Waals surface area (Å²) in [5.74, 6) is 2.05. The molecule has 0 saturated carbocycles. The number of benzene rings is 2. The summed E-state index contributed by atoms with van der Waals surface area (Å²) >= 11 is 0. The zero-order valence-electron chi connectivity index (χ0n) is 14.2. The molecule has 2 atom stereocenters. The first-order chi connectivity index (χ1) is 11.6. The van der Waals surface area contributed by atoms with Crippen molar-refractivity contribution in [2.24, 2.45) is 10.7 Å². The second kappa shape index (κ2) is 6.83. The molecule has 5 heteroatoms. The van der Waals surface area contributed by atoms with E-state index in [0.717, 1.165) is 29.0 Å². The molecule has 3 N–H and O–H groups in total. The van der Waals surface area contributed by atoms with E-state index in [1.165, 1.54) is 5.56 Å². The highest BCUT2D eigenvalue weighted by atomic mass is 16.5. The normalized spacial score (nSPS) is 20.0. The van der Waals surface area contributed by atoms with Gasteiger partial charge < -0.3 is 20.5 Å². The highest BCUT2D eigenvalue weighted by molar-refractivity contribution is 5.79. The highest BCUT2D eigenvalue weighted by Crippen LogP contribution is 2.37. The molecule has 126 valence electrons. The number of guanidine groups is 1. The van der Waals surface area contributed by atoms with Gasteiger partial charge in [-0.2, -0.15) is 0 Å². The van der Waals surface area contributed by atoms with Crippen LogP contribution in [0.3, 0.4) is 0 Å². The number of nitrogens with one attached hydrogen (secondary N) is 1. The molecule has 1 aliphatic heterocycles. The molecule has 1 heterocycles. The lowest BCUT2D eigenvalue weighted by molar-refractivity contribution is 0.386. The van der Waals surface area contributed by atoms with Crippen molar-refractivity contribution in [3.8, 4) is 11.5 Å². The highest BCUT2D eigenvalue weighted by Gasteiger charge is 2.27. The number of ether oxygens (including phenoxy) is 2. The summed E-state index contributed by atoms with van der Waals surface area (Å²) < 4.78 is 10.9. The molecule has 1 aliphatic rings. The van der Waals surface area contributed by atoms with Gasteiger partial charge in [0, 0.05) is 5.56 Å². The minimum Gasteiger partial charge on any atom is -0.497 e. The molecule has 0 bridgehead atoms. The Morgan fingerprint density at radius 1 is 1.08 bits per heavy atom.